The van der Waals surface area contributed by atoms with Gasteiger partial charge in [0.15, 0.2) is 0 Å². The number of amides is 2. The third-order valence-electron chi connectivity index (χ3n) is 2.27. The molecule has 2 amide bonds. The van der Waals surface area contributed by atoms with E-state index in [-0.39, 0.29) is 0 Å². The van der Waals surface area contributed by atoms with Gasteiger partial charge in [-0.25, -0.2) is 0 Å². The van der Waals surface area contributed by atoms with E-state index >= 15 is 0 Å². The monoisotopic (exact) mass is 255 g/mol. The fourth-order valence-corrected chi connectivity index (χ4v) is 1.44. The first-order valence-electron chi connectivity index (χ1n) is 5.03. The summed E-state index contributed by atoms with van der Waals surface area (Å²) in [7, 11) is 1.69. The highest BCUT2D eigenvalue weighted by atomic mass is 35.5. The van der Waals surface area contributed by atoms with Crippen molar-refractivity contribution in [2.45, 2.75) is 13.0 Å². The summed E-state index contributed by atoms with van der Waals surface area (Å²) in [5, 5.41) is 5.80. The molecule has 0 aliphatic rings. The van der Waals surface area contributed by atoms with Crippen molar-refractivity contribution >= 4 is 29.1 Å². The number of hydrogen-bond donors (Lipinski definition) is 3. The van der Waals surface area contributed by atoms with E-state index in [1.54, 1.807) is 19.2 Å². The van der Waals surface area contributed by atoms with Gasteiger partial charge in [0.25, 0.3) is 5.91 Å². The maximum absolute atomic E-state index is 11.9. The third kappa shape index (κ3) is 3.35. The van der Waals surface area contributed by atoms with E-state index in [1.807, 2.05) is 0 Å². The first-order valence-corrected chi connectivity index (χ1v) is 5.41. The molecule has 0 fully saturated rings. The van der Waals surface area contributed by atoms with Gasteiger partial charge in [-0.15, -0.1) is 0 Å². The van der Waals surface area contributed by atoms with Crippen molar-refractivity contribution in [2.24, 2.45) is 5.73 Å². The lowest BCUT2D eigenvalue weighted by molar-refractivity contribution is -0.119. The second kappa shape index (κ2) is 5.54. The summed E-state index contributed by atoms with van der Waals surface area (Å²) in [6.45, 7) is 1.52. The molecule has 0 heterocycles. The molecule has 1 aromatic rings. The van der Waals surface area contributed by atoms with E-state index in [0.717, 1.165) is 0 Å². The first kappa shape index (κ1) is 13.3. The predicted molar refractivity (Wildman–Crippen MR) is 67.1 cm³/mol. The number of primary amides is 1. The van der Waals surface area contributed by atoms with Crippen molar-refractivity contribution in [2.75, 3.05) is 12.4 Å². The van der Waals surface area contributed by atoms with Gasteiger partial charge < -0.3 is 16.4 Å². The Hall–Kier alpha value is -1.75. The Morgan fingerprint density at radius 3 is 2.59 bits per heavy atom. The fourth-order valence-electron chi connectivity index (χ4n) is 1.27. The predicted octanol–water partition coefficient (Wildman–Crippen LogP) is 0.985. The molecule has 0 saturated carbocycles. The molecular formula is C11H14ClN3O2. The molecule has 0 aliphatic carbocycles. The SMILES string of the molecule is CNc1ccc(Cl)cc1C(=O)NC(C)C(N)=O. The summed E-state index contributed by atoms with van der Waals surface area (Å²) in [6.07, 6.45) is 0. The number of benzene rings is 1. The van der Waals surface area contributed by atoms with Crippen LogP contribution in [0.25, 0.3) is 0 Å². The van der Waals surface area contributed by atoms with Crippen LogP contribution in [0.3, 0.4) is 0 Å². The summed E-state index contributed by atoms with van der Waals surface area (Å²) in [5.74, 6) is -0.991. The topological polar surface area (TPSA) is 84.2 Å². The van der Waals surface area contributed by atoms with Crippen LogP contribution < -0.4 is 16.4 Å². The van der Waals surface area contributed by atoms with Gasteiger partial charge in [0, 0.05) is 17.8 Å². The number of halogens is 1. The molecule has 1 aromatic carbocycles. The number of hydrogen-bond acceptors (Lipinski definition) is 3. The largest absolute Gasteiger partial charge is 0.387 e. The van der Waals surface area contributed by atoms with Crippen molar-refractivity contribution in [3.8, 4) is 0 Å². The highest BCUT2D eigenvalue weighted by Crippen LogP contribution is 2.20. The lowest BCUT2D eigenvalue weighted by Crippen LogP contribution is -2.42. The van der Waals surface area contributed by atoms with E-state index in [0.29, 0.717) is 16.3 Å². The fraction of sp³-hybridized carbons (Fsp3) is 0.273. The third-order valence-corrected chi connectivity index (χ3v) is 2.51. The van der Waals surface area contributed by atoms with E-state index in [4.69, 9.17) is 17.3 Å². The minimum absolute atomic E-state index is 0.369. The summed E-state index contributed by atoms with van der Waals surface area (Å²) >= 11 is 5.82. The molecule has 1 unspecified atom stereocenters. The molecule has 0 spiro atoms. The van der Waals surface area contributed by atoms with Crippen LogP contribution in [0.15, 0.2) is 18.2 Å². The van der Waals surface area contributed by atoms with Gasteiger partial charge >= 0.3 is 0 Å². The van der Waals surface area contributed by atoms with Crippen molar-refractivity contribution in [3.63, 3.8) is 0 Å². The Morgan fingerprint density at radius 1 is 1.41 bits per heavy atom. The summed E-state index contributed by atoms with van der Waals surface area (Å²) in [5.41, 5.74) is 6.06. The van der Waals surface area contributed by atoms with Gasteiger partial charge in [-0.1, -0.05) is 11.6 Å². The lowest BCUT2D eigenvalue weighted by atomic mass is 10.1. The number of carbonyl (C=O) groups excluding carboxylic acids is 2. The number of nitrogens with one attached hydrogen (secondary N) is 2. The van der Waals surface area contributed by atoms with Crippen molar-refractivity contribution in [3.05, 3.63) is 28.8 Å². The molecule has 0 radical (unpaired) electrons. The summed E-state index contributed by atoms with van der Waals surface area (Å²) in [4.78, 5) is 22.7. The molecule has 6 heteroatoms. The molecule has 1 atom stereocenters. The van der Waals surface area contributed by atoms with Gasteiger partial charge in [-0.05, 0) is 25.1 Å². The minimum Gasteiger partial charge on any atom is -0.387 e. The molecule has 17 heavy (non-hydrogen) atoms. The van der Waals surface area contributed by atoms with Crippen molar-refractivity contribution in [1.29, 1.82) is 0 Å². The summed E-state index contributed by atoms with van der Waals surface area (Å²) in [6, 6.07) is 4.15. The van der Waals surface area contributed by atoms with Crippen LogP contribution in [0.1, 0.15) is 17.3 Å². The Bertz CT molecular complexity index is 448. The zero-order valence-electron chi connectivity index (χ0n) is 9.58. The van der Waals surface area contributed by atoms with Crippen molar-refractivity contribution < 1.29 is 9.59 Å². The van der Waals surface area contributed by atoms with Gasteiger partial charge in [-0.3, -0.25) is 9.59 Å². The zero-order valence-corrected chi connectivity index (χ0v) is 10.3. The smallest absolute Gasteiger partial charge is 0.254 e. The maximum atomic E-state index is 11.9. The Labute approximate surface area is 104 Å². The van der Waals surface area contributed by atoms with E-state index in [2.05, 4.69) is 10.6 Å². The normalized spacial score (nSPS) is 11.7. The molecule has 0 bridgehead atoms. The van der Waals surface area contributed by atoms with Crippen LogP contribution >= 0.6 is 11.6 Å². The number of rotatable bonds is 4. The highest BCUT2D eigenvalue weighted by Gasteiger charge is 2.16. The Balaban J connectivity index is 2.95. The zero-order chi connectivity index (χ0) is 13.0. The van der Waals surface area contributed by atoms with Crippen LogP contribution in [0.2, 0.25) is 5.02 Å². The lowest BCUT2D eigenvalue weighted by Gasteiger charge is -2.13. The number of nitrogens with two attached hydrogens (primary N) is 1. The van der Waals surface area contributed by atoms with Gasteiger partial charge in [0.2, 0.25) is 5.91 Å². The Morgan fingerprint density at radius 2 is 2.06 bits per heavy atom. The van der Waals surface area contributed by atoms with Gasteiger partial charge in [-0.2, -0.15) is 0 Å². The van der Waals surface area contributed by atoms with Crippen LogP contribution in [0.4, 0.5) is 5.69 Å². The molecule has 1 rings (SSSR count). The average molecular weight is 256 g/mol. The van der Waals surface area contributed by atoms with Crippen LogP contribution in [0, 0.1) is 0 Å². The minimum atomic E-state index is -0.730. The molecule has 5 nitrogen and oxygen atoms in total. The van der Waals surface area contributed by atoms with E-state index in [1.165, 1.54) is 13.0 Å². The molecular weight excluding hydrogens is 242 g/mol. The van der Waals surface area contributed by atoms with Crippen LogP contribution in [-0.4, -0.2) is 24.9 Å². The molecule has 0 aromatic heterocycles. The first-order chi connectivity index (χ1) is 7.95. The quantitative estimate of drug-likeness (QED) is 0.750. The second-order valence-corrected chi connectivity index (χ2v) is 3.97. The summed E-state index contributed by atoms with van der Waals surface area (Å²) < 4.78 is 0. The van der Waals surface area contributed by atoms with E-state index in [9.17, 15) is 9.59 Å². The average Bonchev–Trinajstić information content (AvgIpc) is 2.28. The molecule has 0 aliphatic heterocycles. The molecule has 92 valence electrons. The number of anilines is 1. The van der Waals surface area contributed by atoms with Crippen LogP contribution in [-0.2, 0) is 4.79 Å². The molecule has 4 N–H and O–H groups in total. The van der Waals surface area contributed by atoms with Crippen LogP contribution in [0.5, 0.6) is 0 Å². The second-order valence-electron chi connectivity index (χ2n) is 3.54. The number of carbonyl (C=O) groups is 2. The molecule has 0 saturated heterocycles. The van der Waals surface area contributed by atoms with Gasteiger partial charge in [0.1, 0.15) is 6.04 Å². The van der Waals surface area contributed by atoms with E-state index < -0.39 is 17.9 Å². The Kier molecular flexibility index (Phi) is 4.34. The maximum Gasteiger partial charge on any atom is 0.254 e. The standard InChI is InChI=1S/C11H14ClN3O2/c1-6(10(13)16)15-11(17)8-5-7(12)3-4-9(8)14-2/h3-6,14H,1-2H3,(H2,13,16)(H,15,17). The highest BCUT2D eigenvalue weighted by molar-refractivity contribution is 6.31. The van der Waals surface area contributed by atoms with Crippen molar-refractivity contribution in [1.82, 2.24) is 5.32 Å². The van der Waals surface area contributed by atoms with Gasteiger partial charge in [0.05, 0.1) is 5.56 Å².